The van der Waals surface area contributed by atoms with Gasteiger partial charge in [-0.25, -0.2) is 0 Å². The summed E-state index contributed by atoms with van der Waals surface area (Å²) in [4.78, 5) is 14.6. The zero-order valence-corrected chi connectivity index (χ0v) is 13.2. The van der Waals surface area contributed by atoms with Crippen LogP contribution >= 0.6 is 0 Å². The molecule has 0 aromatic carbocycles. The molecule has 0 unspecified atom stereocenters. The zero-order chi connectivity index (χ0) is 17.0. The average molecular weight is 340 g/mol. The number of hydrogen-bond acceptors (Lipinski definition) is 7. The second-order valence-corrected chi connectivity index (χ2v) is 6.63. The van der Waals surface area contributed by atoms with E-state index >= 15 is 0 Å². The highest BCUT2D eigenvalue weighted by molar-refractivity contribution is 5.51. The molecule has 0 spiro atoms. The molecule has 4 N–H and O–H groups in total. The lowest BCUT2D eigenvalue weighted by molar-refractivity contribution is -0.775. The van der Waals surface area contributed by atoms with Crippen molar-refractivity contribution >= 4 is 5.82 Å². The van der Waals surface area contributed by atoms with Crippen LogP contribution in [0.2, 0.25) is 0 Å². The molecule has 9 heteroatoms. The van der Waals surface area contributed by atoms with Crippen molar-refractivity contribution in [2.24, 2.45) is 0 Å². The Morgan fingerprint density at radius 1 is 1.25 bits per heavy atom. The summed E-state index contributed by atoms with van der Waals surface area (Å²) in [6.45, 7) is 0.523. The van der Waals surface area contributed by atoms with E-state index in [9.17, 15) is 25.2 Å². The summed E-state index contributed by atoms with van der Waals surface area (Å²) in [7, 11) is 0. The number of aliphatic hydroxyl groups is 4. The van der Waals surface area contributed by atoms with E-state index in [1.165, 1.54) is 4.57 Å². The minimum Gasteiger partial charge on any atom is -0.394 e. The maximum atomic E-state index is 12.9. The number of hydrogen-bond donors (Lipinski definition) is 4. The van der Waals surface area contributed by atoms with Crippen LogP contribution < -0.4 is 15.2 Å². The van der Waals surface area contributed by atoms with Crippen LogP contribution in [0, 0.1) is 0 Å². The molecular weight excluding hydrogens is 318 g/mol. The molecule has 0 saturated carbocycles. The molecule has 0 radical (unpaired) electrons. The second-order valence-electron chi connectivity index (χ2n) is 6.63. The van der Waals surface area contributed by atoms with E-state index in [1.54, 1.807) is 15.7 Å². The summed E-state index contributed by atoms with van der Waals surface area (Å²) in [5, 5.41) is 39.7. The van der Waals surface area contributed by atoms with Crippen LogP contribution in [0.15, 0.2) is 11.0 Å². The molecule has 132 valence electrons. The molecule has 1 saturated heterocycles. The number of aromatic nitrogens is 2. The van der Waals surface area contributed by atoms with Gasteiger partial charge in [-0.2, -0.15) is 13.9 Å². The molecule has 1 fully saturated rings. The third kappa shape index (κ3) is 2.27. The normalized spacial score (nSPS) is 35.2. The number of ether oxygens (including phenoxy) is 1. The van der Waals surface area contributed by atoms with E-state index in [1.807, 2.05) is 0 Å². The summed E-state index contributed by atoms with van der Waals surface area (Å²) >= 11 is 0. The highest BCUT2D eigenvalue weighted by atomic mass is 16.5. The molecule has 0 amide bonds. The Balaban J connectivity index is 1.81. The van der Waals surface area contributed by atoms with E-state index in [-0.39, 0.29) is 18.7 Å². The lowest BCUT2D eigenvalue weighted by Gasteiger charge is -2.38. The van der Waals surface area contributed by atoms with Gasteiger partial charge in [0.15, 0.2) is 0 Å². The van der Waals surface area contributed by atoms with Crippen molar-refractivity contribution in [3.8, 4) is 0 Å². The van der Waals surface area contributed by atoms with Gasteiger partial charge in [0, 0.05) is 19.4 Å². The fourth-order valence-electron chi connectivity index (χ4n) is 3.88. The Kier molecular flexibility index (Phi) is 3.85. The molecule has 0 bridgehead atoms. The highest BCUT2D eigenvalue weighted by Gasteiger charge is 2.43. The first kappa shape index (κ1) is 16.0. The van der Waals surface area contributed by atoms with Crippen molar-refractivity contribution in [1.82, 2.24) is 4.57 Å². The van der Waals surface area contributed by atoms with Crippen LogP contribution in [-0.2, 0) is 11.3 Å². The van der Waals surface area contributed by atoms with Gasteiger partial charge >= 0.3 is 5.69 Å². The SMILES string of the molecule is O=c1n2c3c(c[n+]1[C@H]1C[C@H](O)[C@@H](CO)O1)[C@H](O)CCN3[C@H](O)CC2. The Labute approximate surface area is 137 Å². The first-order valence-electron chi connectivity index (χ1n) is 8.27. The van der Waals surface area contributed by atoms with Crippen molar-refractivity contribution in [1.29, 1.82) is 0 Å². The van der Waals surface area contributed by atoms with Gasteiger partial charge in [-0.1, -0.05) is 0 Å². The molecule has 0 aliphatic carbocycles. The summed E-state index contributed by atoms with van der Waals surface area (Å²) in [6, 6.07) is 0. The Hall–Kier alpha value is -1.52. The van der Waals surface area contributed by atoms with Gasteiger partial charge in [0.05, 0.1) is 24.4 Å². The maximum Gasteiger partial charge on any atom is 0.501 e. The first-order valence-corrected chi connectivity index (χ1v) is 8.27. The summed E-state index contributed by atoms with van der Waals surface area (Å²) in [5.74, 6) is 0.561. The van der Waals surface area contributed by atoms with Gasteiger partial charge < -0.3 is 30.1 Å². The Morgan fingerprint density at radius 2 is 2.04 bits per heavy atom. The van der Waals surface area contributed by atoms with Crippen LogP contribution in [0.25, 0.3) is 0 Å². The van der Waals surface area contributed by atoms with Crippen LogP contribution in [0.1, 0.15) is 37.2 Å². The fraction of sp³-hybridized carbons (Fsp3) is 0.733. The van der Waals surface area contributed by atoms with Gasteiger partial charge in [-0.15, -0.1) is 0 Å². The van der Waals surface area contributed by atoms with Gasteiger partial charge in [0.25, 0.3) is 0 Å². The summed E-state index contributed by atoms with van der Waals surface area (Å²) < 4.78 is 8.51. The largest absolute Gasteiger partial charge is 0.501 e. The predicted octanol–water partition coefficient (Wildman–Crippen LogP) is -2.26. The Morgan fingerprint density at radius 3 is 2.75 bits per heavy atom. The number of nitrogens with zero attached hydrogens (tertiary/aromatic N) is 3. The topological polar surface area (TPSA) is 119 Å². The zero-order valence-electron chi connectivity index (χ0n) is 13.2. The quantitative estimate of drug-likeness (QED) is 0.449. The maximum absolute atomic E-state index is 12.9. The van der Waals surface area contributed by atoms with Crippen molar-refractivity contribution in [2.45, 2.75) is 56.6 Å². The van der Waals surface area contributed by atoms with Gasteiger partial charge in [0.2, 0.25) is 12.0 Å². The average Bonchev–Trinajstić information content (AvgIpc) is 2.94. The minimum absolute atomic E-state index is 0.201. The smallest absolute Gasteiger partial charge is 0.394 e. The van der Waals surface area contributed by atoms with Crippen LogP contribution in [-0.4, -0.2) is 56.6 Å². The lowest BCUT2D eigenvalue weighted by atomic mass is 10.0. The lowest BCUT2D eigenvalue weighted by Crippen LogP contribution is -2.61. The number of rotatable bonds is 2. The number of aliphatic hydroxyl groups excluding tert-OH is 4. The van der Waals surface area contributed by atoms with Crippen LogP contribution in [0.5, 0.6) is 0 Å². The number of anilines is 1. The fourth-order valence-corrected chi connectivity index (χ4v) is 3.88. The van der Waals surface area contributed by atoms with Crippen LogP contribution in [0.4, 0.5) is 5.82 Å². The van der Waals surface area contributed by atoms with Crippen molar-refractivity contribution in [3.05, 3.63) is 22.2 Å². The second kappa shape index (κ2) is 5.78. The molecule has 3 aliphatic rings. The Bertz CT molecular complexity index is 707. The molecule has 4 heterocycles. The molecule has 4 rings (SSSR count). The molecule has 1 aromatic rings. The molecule has 5 atom stereocenters. The molecular formula is C15H22N3O6+. The van der Waals surface area contributed by atoms with Gasteiger partial charge in [-0.3, -0.25) is 0 Å². The third-order valence-corrected chi connectivity index (χ3v) is 5.18. The van der Waals surface area contributed by atoms with Gasteiger partial charge in [0.1, 0.15) is 25.1 Å². The first-order chi connectivity index (χ1) is 11.5. The molecule has 9 nitrogen and oxygen atoms in total. The monoisotopic (exact) mass is 340 g/mol. The third-order valence-electron chi connectivity index (χ3n) is 5.18. The highest BCUT2D eigenvalue weighted by Crippen LogP contribution is 2.36. The van der Waals surface area contributed by atoms with Crippen molar-refractivity contribution < 1.29 is 29.7 Å². The van der Waals surface area contributed by atoms with Crippen molar-refractivity contribution in [3.63, 3.8) is 0 Å². The molecule has 3 aliphatic heterocycles. The predicted molar refractivity (Wildman–Crippen MR) is 80.1 cm³/mol. The summed E-state index contributed by atoms with van der Waals surface area (Å²) in [6.07, 6.45) is -0.972. The minimum atomic E-state index is -0.840. The van der Waals surface area contributed by atoms with E-state index in [0.29, 0.717) is 37.3 Å². The van der Waals surface area contributed by atoms with Crippen LogP contribution in [0.3, 0.4) is 0 Å². The van der Waals surface area contributed by atoms with E-state index in [4.69, 9.17) is 4.74 Å². The molecule has 24 heavy (non-hydrogen) atoms. The van der Waals surface area contributed by atoms with E-state index < -0.39 is 30.8 Å². The molecule has 1 aromatic heterocycles. The van der Waals surface area contributed by atoms with E-state index in [0.717, 1.165) is 0 Å². The standard InChI is InChI=1S/C15H22N3O6/c19-7-11-10(21)5-13(24-11)18-6-8-9(20)1-3-16-12(22)2-4-17(14(8)16)15(18)23/h6,9-13,19-22H,1-5,7H2/q+1/t9-,10+,11-,12-,13-/m1/s1. The summed E-state index contributed by atoms with van der Waals surface area (Å²) in [5.41, 5.74) is 0.265. The van der Waals surface area contributed by atoms with Crippen molar-refractivity contribution in [2.75, 3.05) is 18.1 Å². The van der Waals surface area contributed by atoms with Gasteiger partial charge in [-0.05, 0) is 6.42 Å². The van der Waals surface area contributed by atoms with E-state index in [2.05, 4.69) is 0 Å².